The Morgan fingerprint density at radius 2 is 1.90 bits per heavy atom. The molecule has 2 N–H and O–H groups in total. The molecule has 110 valence electrons. The lowest BCUT2D eigenvalue weighted by Crippen LogP contribution is -2.05. The van der Waals surface area contributed by atoms with E-state index in [4.69, 9.17) is 5.73 Å². The quantitative estimate of drug-likeness (QED) is 0.781. The lowest BCUT2D eigenvalue weighted by atomic mass is 10.1. The van der Waals surface area contributed by atoms with Crippen LogP contribution in [-0.2, 0) is 19.3 Å². The van der Waals surface area contributed by atoms with Crippen molar-refractivity contribution in [2.45, 2.75) is 33.1 Å². The molecule has 4 heteroatoms. The zero-order chi connectivity index (χ0) is 14.8. The Hall–Kier alpha value is -1.65. The molecule has 0 aliphatic heterocycles. The van der Waals surface area contributed by atoms with Gasteiger partial charge in [-0.05, 0) is 30.5 Å². The van der Waals surface area contributed by atoms with Crippen LogP contribution in [0.5, 0.6) is 0 Å². The lowest BCUT2D eigenvalue weighted by Gasteiger charge is -2.07. The van der Waals surface area contributed by atoms with Crippen molar-refractivity contribution >= 4 is 16.3 Å². The smallest absolute Gasteiger partial charge is 0.194 e. The van der Waals surface area contributed by atoms with Crippen molar-refractivity contribution < 1.29 is 0 Å². The number of hydrogen-bond donors (Lipinski definition) is 1. The van der Waals surface area contributed by atoms with Crippen molar-refractivity contribution in [3.8, 4) is 11.3 Å². The molecule has 3 rings (SSSR count). The number of benzene rings is 1. The van der Waals surface area contributed by atoms with E-state index in [1.54, 1.807) is 11.3 Å². The third kappa shape index (κ3) is 2.49. The third-order valence-electron chi connectivity index (χ3n) is 3.86. The van der Waals surface area contributed by atoms with E-state index in [0.717, 1.165) is 24.2 Å². The second-order valence-electron chi connectivity index (χ2n) is 5.18. The highest BCUT2D eigenvalue weighted by Gasteiger charge is 2.16. The maximum atomic E-state index is 5.74. The summed E-state index contributed by atoms with van der Waals surface area (Å²) in [6.07, 6.45) is 4.92. The molecular formula is C17H21N3S. The topological polar surface area (TPSA) is 43.3 Å². The van der Waals surface area contributed by atoms with E-state index in [0.29, 0.717) is 6.54 Å². The molecule has 0 unspecified atom stereocenters. The van der Waals surface area contributed by atoms with Gasteiger partial charge in [0.25, 0.3) is 0 Å². The fourth-order valence-electron chi connectivity index (χ4n) is 2.71. The predicted molar refractivity (Wildman–Crippen MR) is 90.0 cm³/mol. The first kappa shape index (κ1) is 14.3. The van der Waals surface area contributed by atoms with Gasteiger partial charge < -0.3 is 5.73 Å². The number of hydrogen-bond acceptors (Lipinski definition) is 3. The maximum absolute atomic E-state index is 5.74. The summed E-state index contributed by atoms with van der Waals surface area (Å²) in [7, 11) is 0. The van der Waals surface area contributed by atoms with Gasteiger partial charge in [-0.1, -0.05) is 38.1 Å². The molecule has 2 heterocycles. The Kier molecular flexibility index (Phi) is 4.08. The molecule has 0 saturated heterocycles. The number of rotatable bonds is 5. The average molecular weight is 299 g/mol. The summed E-state index contributed by atoms with van der Waals surface area (Å²) < 4.78 is 2.29. The van der Waals surface area contributed by atoms with Crippen molar-refractivity contribution in [1.82, 2.24) is 9.38 Å². The van der Waals surface area contributed by atoms with Gasteiger partial charge in [0.1, 0.15) is 0 Å². The minimum atomic E-state index is 0.652. The molecule has 2 aromatic heterocycles. The number of aryl methyl sites for hydroxylation is 2. The normalized spacial score (nSPS) is 11.4. The summed E-state index contributed by atoms with van der Waals surface area (Å²) in [5.41, 5.74) is 10.9. The Bertz CT molecular complexity index is 737. The van der Waals surface area contributed by atoms with Gasteiger partial charge >= 0.3 is 0 Å². The predicted octanol–water partition coefficient (Wildman–Crippen LogP) is 3.69. The standard InChI is InChI=1S/C17H21N3S/c1-3-12-5-7-13(8-6-12)16-15(4-2)21-17-19-11-14(9-10-18)20(16)17/h5-8,11H,3-4,9-10,18H2,1-2H3. The molecule has 0 aliphatic carbocycles. The average Bonchev–Trinajstić information content (AvgIpc) is 3.07. The molecule has 21 heavy (non-hydrogen) atoms. The summed E-state index contributed by atoms with van der Waals surface area (Å²) in [6.45, 7) is 5.04. The monoisotopic (exact) mass is 299 g/mol. The summed E-state index contributed by atoms with van der Waals surface area (Å²) in [6, 6.07) is 8.90. The van der Waals surface area contributed by atoms with Gasteiger partial charge in [-0.3, -0.25) is 4.40 Å². The Balaban J connectivity index is 2.19. The van der Waals surface area contributed by atoms with Crippen LogP contribution in [0.1, 0.15) is 30.0 Å². The van der Waals surface area contributed by atoms with E-state index in [9.17, 15) is 0 Å². The lowest BCUT2D eigenvalue weighted by molar-refractivity contribution is 0.909. The first-order chi connectivity index (χ1) is 10.3. The van der Waals surface area contributed by atoms with Gasteiger partial charge in [0, 0.05) is 17.0 Å². The van der Waals surface area contributed by atoms with Crippen LogP contribution in [0.4, 0.5) is 0 Å². The molecular weight excluding hydrogens is 278 g/mol. The van der Waals surface area contributed by atoms with Crippen molar-refractivity contribution in [3.63, 3.8) is 0 Å². The molecule has 3 aromatic rings. The summed E-state index contributed by atoms with van der Waals surface area (Å²) in [5.74, 6) is 0. The summed E-state index contributed by atoms with van der Waals surface area (Å²) in [4.78, 5) is 7.02. The summed E-state index contributed by atoms with van der Waals surface area (Å²) >= 11 is 1.79. The van der Waals surface area contributed by atoms with Crippen LogP contribution >= 0.6 is 11.3 Å². The number of thiazole rings is 1. The van der Waals surface area contributed by atoms with Crippen molar-refractivity contribution in [2.75, 3.05) is 6.54 Å². The first-order valence-corrected chi connectivity index (χ1v) is 8.37. The molecule has 0 radical (unpaired) electrons. The molecule has 0 fully saturated rings. The van der Waals surface area contributed by atoms with Crippen LogP contribution in [-0.4, -0.2) is 15.9 Å². The van der Waals surface area contributed by atoms with E-state index in [1.165, 1.54) is 27.4 Å². The highest BCUT2D eigenvalue weighted by atomic mass is 32.1. The van der Waals surface area contributed by atoms with Crippen LogP contribution in [0.15, 0.2) is 30.5 Å². The SMILES string of the molecule is CCc1ccc(-c2c(CC)sc3ncc(CCN)n23)cc1. The van der Waals surface area contributed by atoms with Crippen LogP contribution < -0.4 is 5.73 Å². The number of nitrogens with zero attached hydrogens (tertiary/aromatic N) is 2. The van der Waals surface area contributed by atoms with Crippen LogP contribution in [0.3, 0.4) is 0 Å². The van der Waals surface area contributed by atoms with Gasteiger partial charge in [-0.2, -0.15) is 0 Å². The Labute approximate surface area is 129 Å². The molecule has 1 aromatic carbocycles. The van der Waals surface area contributed by atoms with E-state index in [-0.39, 0.29) is 0 Å². The Morgan fingerprint density at radius 3 is 2.52 bits per heavy atom. The van der Waals surface area contributed by atoms with Crippen LogP contribution in [0.2, 0.25) is 0 Å². The molecule has 0 aliphatic rings. The number of aromatic nitrogens is 2. The fraction of sp³-hybridized carbons (Fsp3) is 0.353. The van der Waals surface area contributed by atoms with E-state index >= 15 is 0 Å². The number of fused-ring (bicyclic) bond motifs is 1. The van der Waals surface area contributed by atoms with Crippen LogP contribution in [0, 0.1) is 0 Å². The zero-order valence-corrected chi connectivity index (χ0v) is 13.4. The largest absolute Gasteiger partial charge is 0.330 e. The Morgan fingerprint density at radius 1 is 1.14 bits per heavy atom. The van der Waals surface area contributed by atoms with Crippen LogP contribution in [0.25, 0.3) is 16.2 Å². The first-order valence-electron chi connectivity index (χ1n) is 7.55. The molecule has 0 saturated carbocycles. The van der Waals surface area contributed by atoms with Crippen molar-refractivity contribution in [3.05, 3.63) is 46.6 Å². The molecule has 0 amide bonds. The maximum Gasteiger partial charge on any atom is 0.194 e. The molecule has 0 spiro atoms. The van der Waals surface area contributed by atoms with E-state index < -0.39 is 0 Å². The second-order valence-corrected chi connectivity index (χ2v) is 6.25. The number of nitrogens with two attached hydrogens (primary N) is 1. The second kappa shape index (κ2) is 6.00. The highest BCUT2D eigenvalue weighted by Crippen LogP contribution is 2.33. The minimum Gasteiger partial charge on any atom is -0.330 e. The third-order valence-corrected chi connectivity index (χ3v) is 5.06. The zero-order valence-electron chi connectivity index (χ0n) is 12.6. The van der Waals surface area contributed by atoms with Crippen molar-refractivity contribution in [1.29, 1.82) is 0 Å². The summed E-state index contributed by atoms with van der Waals surface area (Å²) in [5, 5.41) is 0. The molecule has 3 nitrogen and oxygen atoms in total. The van der Waals surface area contributed by atoms with Gasteiger partial charge in [0.05, 0.1) is 11.9 Å². The van der Waals surface area contributed by atoms with E-state index in [2.05, 4.69) is 47.5 Å². The van der Waals surface area contributed by atoms with Gasteiger partial charge in [-0.25, -0.2) is 4.98 Å². The van der Waals surface area contributed by atoms with Crippen molar-refractivity contribution in [2.24, 2.45) is 5.73 Å². The van der Waals surface area contributed by atoms with Gasteiger partial charge in [0.15, 0.2) is 4.96 Å². The van der Waals surface area contributed by atoms with Gasteiger partial charge in [-0.15, -0.1) is 11.3 Å². The van der Waals surface area contributed by atoms with Gasteiger partial charge in [0.2, 0.25) is 0 Å². The number of imidazole rings is 1. The minimum absolute atomic E-state index is 0.652. The molecule has 0 atom stereocenters. The highest BCUT2D eigenvalue weighted by molar-refractivity contribution is 7.17. The fourth-order valence-corrected chi connectivity index (χ4v) is 3.79. The van der Waals surface area contributed by atoms with E-state index in [1.807, 2.05) is 6.20 Å². The molecule has 0 bridgehead atoms.